The zero-order valence-corrected chi connectivity index (χ0v) is 10.7. The van der Waals surface area contributed by atoms with Crippen LogP contribution in [0, 0.1) is 6.92 Å². The van der Waals surface area contributed by atoms with Crippen molar-refractivity contribution in [3.05, 3.63) is 28.9 Å². The fraction of sp³-hybridized carbons (Fsp3) is 0.333. The van der Waals surface area contributed by atoms with Gasteiger partial charge in [-0.15, -0.1) is 0 Å². The fourth-order valence-electron chi connectivity index (χ4n) is 1.26. The van der Waals surface area contributed by atoms with Crippen molar-refractivity contribution >= 4 is 22.6 Å². The Morgan fingerprint density at radius 3 is 2.56 bits per heavy atom. The number of methoxy groups -OCH3 is 1. The van der Waals surface area contributed by atoms with Gasteiger partial charge in [0, 0.05) is 12.3 Å². The molecule has 2 aromatic heterocycles. The van der Waals surface area contributed by atoms with Crippen LogP contribution >= 0.6 is 11.6 Å². The van der Waals surface area contributed by atoms with Crippen molar-refractivity contribution in [3.8, 4) is 5.88 Å². The van der Waals surface area contributed by atoms with Gasteiger partial charge in [0.25, 0.3) is 0 Å². The molecule has 3 nitrogen and oxygen atoms in total. The third-order valence-electron chi connectivity index (χ3n) is 2.09. The molecular weight excluding hydrogens is 224 g/mol. The van der Waals surface area contributed by atoms with E-state index >= 15 is 0 Å². The largest absolute Gasteiger partial charge is 0.481 e. The van der Waals surface area contributed by atoms with Gasteiger partial charge in [-0.2, -0.15) is 0 Å². The quantitative estimate of drug-likeness (QED) is 0.761. The second kappa shape index (κ2) is 5.66. The lowest BCUT2D eigenvalue weighted by Gasteiger charge is -2.04. The molecule has 0 unspecified atom stereocenters. The predicted molar refractivity (Wildman–Crippen MR) is 67.2 cm³/mol. The lowest BCUT2D eigenvalue weighted by molar-refractivity contribution is 0.399. The Hall–Kier alpha value is -1.35. The molecule has 0 fully saturated rings. The van der Waals surface area contributed by atoms with Gasteiger partial charge in [-0.25, -0.2) is 4.98 Å². The number of nitrogens with zero attached hydrogens (tertiary/aromatic N) is 2. The molecule has 86 valence electrons. The summed E-state index contributed by atoms with van der Waals surface area (Å²) in [6, 6.07) is 3.65. The third-order valence-corrected chi connectivity index (χ3v) is 2.47. The summed E-state index contributed by atoms with van der Waals surface area (Å²) >= 11 is 5.94. The molecule has 2 aromatic rings. The summed E-state index contributed by atoms with van der Waals surface area (Å²) in [6.07, 6.45) is 1.63. The Bertz CT molecular complexity index is 486. The van der Waals surface area contributed by atoms with Gasteiger partial charge in [0.05, 0.1) is 23.2 Å². The first-order chi connectivity index (χ1) is 7.72. The first kappa shape index (κ1) is 12.7. The van der Waals surface area contributed by atoms with Crippen LogP contribution in [0.3, 0.4) is 0 Å². The van der Waals surface area contributed by atoms with Gasteiger partial charge in [-0.05, 0) is 18.6 Å². The molecule has 0 radical (unpaired) electrons. The van der Waals surface area contributed by atoms with Gasteiger partial charge in [0.15, 0.2) is 0 Å². The summed E-state index contributed by atoms with van der Waals surface area (Å²) in [4.78, 5) is 8.45. The zero-order valence-electron chi connectivity index (χ0n) is 9.91. The van der Waals surface area contributed by atoms with E-state index in [1.54, 1.807) is 19.4 Å². The summed E-state index contributed by atoms with van der Waals surface area (Å²) in [5, 5.41) is 0.623. The molecule has 0 amide bonds. The molecule has 0 aliphatic rings. The molecule has 0 saturated carbocycles. The molecule has 0 saturated heterocycles. The van der Waals surface area contributed by atoms with Crippen molar-refractivity contribution in [1.29, 1.82) is 0 Å². The molecule has 0 aliphatic carbocycles. The lowest BCUT2D eigenvalue weighted by Crippen LogP contribution is -1.91. The molecule has 0 aliphatic heterocycles. The highest BCUT2D eigenvalue weighted by atomic mass is 35.5. The molecule has 2 rings (SSSR count). The predicted octanol–water partition coefficient (Wildman–Crippen LogP) is 3.63. The van der Waals surface area contributed by atoms with E-state index in [4.69, 9.17) is 16.3 Å². The maximum atomic E-state index is 5.94. The van der Waals surface area contributed by atoms with Gasteiger partial charge in [0.2, 0.25) is 5.88 Å². The van der Waals surface area contributed by atoms with Crippen LogP contribution in [0.1, 0.15) is 19.4 Å². The van der Waals surface area contributed by atoms with Crippen LogP contribution in [0.25, 0.3) is 11.0 Å². The van der Waals surface area contributed by atoms with Crippen LogP contribution in [0.15, 0.2) is 18.3 Å². The van der Waals surface area contributed by atoms with E-state index in [1.807, 2.05) is 26.8 Å². The highest BCUT2D eigenvalue weighted by Crippen LogP contribution is 2.23. The van der Waals surface area contributed by atoms with E-state index in [-0.39, 0.29) is 0 Å². The number of fused-ring (bicyclic) bond motifs is 1. The maximum absolute atomic E-state index is 5.94. The number of halogens is 1. The van der Waals surface area contributed by atoms with Crippen LogP contribution in [0.4, 0.5) is 0 Å². The average Bonchev–Trinajstić information content (AvgIpc) is 2.36. The number of hydrogen-bond donors (Lipinski definition) is 0. The minimum absolute atomic E-state index is 0.574. The number of aryl methyl sites for hydroxylation is 1. The van der Waals surface area contributed by atoms with E-state index in [9.17, 15) is 0 Å². The number of aromatic nitrogens is 2. The Kier molecular flexibility index (Phi) is 4.50. The minimum Gasteiger partial charge on any atom is -0.481 e. The maximum Gasteiger partial charge on any atom is 0.213 e. The zero-order chi connectivity index (χ0) is 12.1. The third kappa shape index (κ3) is 2.42. The van der Waals surface area contributed by atoms with Gasteiger partial charge >= 0.3 is 0 Å². The summed E-state index contributed by atoms with van der Waals surface area (Å²) < 4.78 is 5.04. The first-order valence-electron chi connectivity index (χ1n) is 5.18. The highest BCUT2D eigenvalue weighted by Gasteiger charge is 2.05. The van der Waals surface area contributed by atoms with Crippen molar-refractivity contribution in [2.45, 2.75) is 20.8 Å². The van der Waals surface area contributed by atoms with Gasteiger partial charge in [0.1, 0.15) is 0 Å². The van der Waals surface area contributed by atoms with Crippen LogP contribution in [-0.2, 0) is 0 Å². The van der Waals surface area contributed by atoms with Crippen LogP contribution in [0.2, 0.25) is 5.02 Å². The van der Waals surface area contributed by atoms with Crippen molar-refractivity contribution in [1.82, 2.24) is 9.97 Å². The van der Waals surface area contributed by atoms with Crippen molar-refractivity contribution in [2.24, 2.45) is 0 Å². The molecule has 2 heterocycles. The lowest BCUT2D eigenvalue weighted by atomic mass is 10.2. The Morgan fingerprint density at radius 1 is 1.25 bits per heavy atom. The van der Waals surface area contributed by atoms with Gasteiger partial charge < -0.3 is 4.74 Å². The molecular formula is C12H15ClN2O. The monoisotopic (exact) mass is 238 g/mol. The molecule has 0 bridgehead atoms. The summed E-state index contributed by atoms with van der Waals surface area (Å²) in [6.45, 7) is 5.92. The molecule has 0 atom stereocenters. The normalized spacial score (nSPS) is 9.56. The molecule has 4 heteroatoms. The minimum atomic E-state index is 0.574. The smallest absolute Gasteiger partial charge is 0.213 e. The number of ether oxygens (including phenoxy) is 1. The van der Waals surface area contributed by atoms with Gasteiger partial charge in [-0.3, -0.25) is 4.98 Å². The van der Waals surface area contributed by atoms with Crippen LogP contribution in [-0.4, -0.2) is 17.1 Å². The van der Waals surface area contributed by atoms with Crippen molar-refractivity contribution in [2.75, 3.05) is 7.11 Å². The Balaban J connectivity index is 0.000000606. The second-order valence-electron chi connectivity index (χ2n) is 2.95. The first-order valence-corrected chi connectivity index (χ1v) is 5.56. The second-order valence-corrected chi connectivity index (χ2v) is 3.36. The molecule has 0 spiro atoms. The Morgan fingerprint density at radius 2 is 1.94 bits per heavy atom. The van der Waals surface area contributed by atoms with Crippen LogP contribution in [0.5, 0.6) is 5.88 Å². The van der Waals surface area contributed by atoms with E-state index in [0.29, 0.717) is 10.9 Å². The van der Waals surface area contributed by atoms with E-state index in [1.165, 1.54) is 0 Å². The van der Waals surface area contributed by atoms with Crippen molar-refractivity contribution in [3.63, 3.8) is 0 Å². The summed E-state index contributed by atoms with van der Waals surface area (Å²) in [5.41, 5.74) is 2.54. The fourth-order valence-corrected chi connectivity index (χ4v) is 1.40. The number of pyridine rings is 2. The van der Waals surface area contributed by atoms with E-state index in [0.717, 1.165) is 16.6 Å². The van der Waals surface area contributed by atoms with Crippen molar-refractivity contribution < 1.29 is 4.74 Å². The average molecular weight is 239 g/mol. The van der Waals surface area contributed by atoms with Crippen LogP contribution < -0.4 is 4.74 Å². The van der Waals surface area contributed by atoms with Gasteiger partial charge in [-0.1, -0.05) is 25.4 Å². The summed E-state index contributed by atoms with van der Waals surface area (Å²) in [5.74, 6) is 0.574. The van der Waals surface area contributed by atoms with E-state index < -0.39 is 0 Å². The Labute approximate surface area is 100 Å². The number of hydrogen-bond acceptors (Lipinski definition) is 3. The summed E-state index contributed by atoms with van der Waals surface area (Å²) in [7, 11) is 1.58. The van der Waals surface area contributed by atoms with E-state index in [2.05, 4.69) is 9.97 Å². The SMILES string of the molecule is CC.COc1ccc2ncc(Cl)c(C)c2n1. The standard InChI is InChI=1S/C10H9ClN2O.C2H6/c1-6-7(11)5-12-8-3-4-9(14-2)13-10(6)8;1-2/h3-5H,1-2H3;1-2H3. The molecule has 16 heavy (non-hydrogen) atoms. The topological polar surface area (TPSA) is 35.0 Å². The highest BCUT2D eigenvalue weighted by molar-refractivity contribution is 6.31. The number of rotatable bonds is 1. The molecule has 0 N–H and O–H groups in total. The molecule has 0 aromatic carbocycles.